The van der Waals surface area contributed by atoms with E-state index in [4.69, 9.17) is 5.11 Å². The molecule has 1 rings (SSSR count). The fraction of sp³-hybridized carbons (Fsp3) is 0.467. The maximum atomic E-state index is 11.7. The molecule has 0 fully saturated rings. The van der Waals surface area contributed by atoms with Gasteiger partial charge in [-0.05, 0) is 24.5 Å². The van der Waals surface area contributed by atoms with Gasteiger partial charge in [-0.25, -0.2) is 9.59 Å². The van der Waals surface area contributed by atoms with E-state index < -0.39 is 18.0 Å². The highest BCUT2D eigenvalue weighted by molar-refractivity contribution is 5.82. The van der Waals surface area contributed by atoms with Gasteiger partial charge in [0.25, 0.3) is 0 Å². The van der Waals surface area contributed by atoms with Crippen molar-refractivity contribution in [3.05, 3.63) is 35.4 Å². The molecule has 0 spiro atoms. The minimum atomic E-state index is -0.996. The van der Waals surface area contributed by atoms with Crippen LogP contribution >= 0.6 is 0 Å². The first-order chi connectivity index (χ1) is 9.54. The second-order valence-corrected chi connectivity index (χ2v) is 4.79. The SMILES string of the molecule is CCCC[C@H](NC(=O)NCc1ccccc1C)C(=O)O. The Bertz CT molecular complexity index is 460. The lowest BCUT2D eigenvalue weighted by Crippen LogP contribution is -2.45. The molecule has 0 heterocycles. The van der Waals surface area contributed by atoms with E-state index in [0.717, 1.165) is 24.0 Å². The maximum Gasteiger partial charge on any atom is 0.326 e. The summed E-state index contributed by atoms with van der Waals surface area (Å²) in [5.41, 5.74) is 2.11. The number of nitrogens with one attached hydrogen (secondary N) is 2. The molecule has 2 amide bonds. The van der Waals surface area contributed by atoms with Crippen LogP contribution < -0.4 is 10.6 Å². The molecule has 0 aliphatic heterocycles. The van der Waals surface area contributed by atoms with Crippen molar-refractivity contribution in [3.8, 4) is 0 Å². The standard InChI is InChI=1S/C15H22N2O3/c1-3-4-9-13(14(18)19)17-15(20)16-10-12-8-6-5-7-11(12)2/h5-8,13H,3-4,9-10H2,1-2H3,(H,18,19)(H2,16,17,20)/t13-/m0/s1. The number of urea groups is 1. The summed E-state index contributed by atoms with van der Waals surface area (Å²) in [6.07, 6.45) is 2.12. The average Bonchev–Trinajstić information content (AvgIpc) is 2.42. The Morgan fingerprint density at radius 1 is 1.30 bits per heavy atom. The monoisotopic (exact) mass is 278 g/mol. The summed E-state index contributed by atoms with van der Waals surface area (Å²) in [6, 6.07) is 6.47. The summed E-state index contributed by atoms with van der Waals surface area (Å²) in [5, 5.41) is 14.2. The number of rotatable bonds is 7. The van der Waals surface area contributed by atoms with Crippen molar-refractivity contribution in [2.45, 2.75) is 45.7 Å². The molecule has 0 aliphatic rings. The molecule has 0 saturated heterocycles. The molecule has 110 valence electrons. The zero-order chi connectivity index (χ0) is 15.0. The number of aliphatic carboxylic acids is 1. The van der Waals surface area contributed by atoms with Gasteiger partial charge in [-0.1, -0.05) is 44.0 Å². The molecule has 0 saturated carbocycles. The lowest BCUT2D eigenvalue weighted by atomic mass is 10.1. The van der Waals surface area contributed by atoms with Gasteiger partial charge in [0.15, 0.2) is 0 Å². The molecule has 1 aromatic carbocycles. The average molecular weight is 278 g/mol. The van der Waals surface area contributed by atoms with Crippen molar-refractivity contribution in [1.29, 1.82) is 0 Å². The molecule has 1 atom stereocenters. The van der Waals surface area contributed by atoms with Crippen molar-refractivity contribution >= 4 is 12.0 Å². The van der Waals surface area contributed by atoms with E-state index in [-0.39, 0.29) is 0 Å². The number of carboxylic acid groups (broad SMARTS) is 1. The highest BCUT2D eigenvalue weighted by atomic mass is 16.4. The Hall–Kier alpha value is -2.04. The number of unbranched alkanes of at least 4 members (excludes halogenated alkanes) is 1. The zero-order valence-electron chi connectivity index (χ0n) is 12.0. The van der Waals surface area contributed by atoms with Crippen molar-refractivity contribution in [2.75, 3.05) is 0 Å². The van der Waals surface area contributed by atoms with Crippen molar-refractivity contribution in [2.24, 2.45) is 0 Å². The third-order valence-corrected chi connectivity index (χ3v) is 3.15. The smallest absolute Gasteiger partial charge is 0.326 e. The molecule has 0 aromatic heterocycles. The fourth-order valence-electron chi connectivity index (χ4n) is 1.86. The Morgan fingerprint density at radius 2 is 2.00 bits per heavy atom. The number of carbonyl (C=O) groups excluding carboxylic acids is 1. The van der Waals surface area contributed by atoms with Gasteiger partial charge >= 0.3 is 12.0 Å². The van der Waals surface area contributed by atoms with Crippen LogP contribution in [0.5, 0.6) is 0 Å². The lowest BCUT2D eigenvalue weighted by Gasteiger charge is -2.15. The topological polar surface area (TPSA) is 78.4 Å². The second-order valence-electron chi connectivity index (χ2n) is 4.79. The van der Waals surface area contributed by atoms with Crippen LogP contribution in [0.25, 0.3) is 0 Å². The van der Waals surface area contributed by atoms with Gasteiger partial charge in [-0.15, -0.1) is 0 Å². The maximum absolute atomic E-state index is 11.7. The molecule has 3 N–H and O–H groups in total. The van der Waals surface area contributed by atoms with E-state index in [0.29, 0.717) is 13.0 Å². The van der Waals surface area contributed by atoms with Gasteiger partial charge in [0.1, 0.15) is 6.04 Å². The van der Waals surface area contributed by atoms with Crippen LogP contribution in [-0.2, 0) is 11.3 Å². The summed E-state index contributed by atoms with van der Waals surface area (Å²) < 4.78 is 0. The van der Waals surface area contributed by atoms with Gasteiger partial charge in [-0.2, -0.15) is 0 Å². The fourth-order valence-corrected chi connectivity index (χ4v) is 1.86. The molecule has 0 bridgehead atoms. The quantitative estimate of drug-likeness (QED) is 0.716. The van der Waals surface area contributed by atoms with Crippen LogP contribution in [0.2, 0.25) is 0 Å². The normalized spacial score (nSPS) is 11.7. The molecule has 0 radical (unpaired) electrons. The van der Waals surface area contributed by atoms with Crippen LogP contribution in [0.15, 0.2) is 24.3 Å². The number of hydrogen-bond donors (Lipinski definition) is 3. The largest absolute Gasteiger partial charge is 0.480 e. The van der Waals surface area contributed by atoms with Gasteiger partial charge in [0.2, 0.25) is 0 Å². The summed E-state index contributed by atoms with van der Waals surface area (Å²) >= 11 is 0. The minimum Gasteiger partial charge on any atom is -0.480 e. The molecule has 1 aromatic rings. The number of amides is 2. The number of benzene rings is 1. The first kappa shape index (κ1) is 16.0. The number of aryl methyl sites for hydroxylation is 1. The van der Waals surface area contributed by atoms with Gasteiger partial charge in [-0.3, -0.25) is 0 Å². The number of carbonyl (C=O) groups is 2. The van der Waals surface area contributed by atoms with Crippen molar-refractivity contribution in [1.82, 2.24) is 10.6 Å². The Balaban J connectivity index is 2.46. The zero-order valence-corrected chi connectivity index (χ0v) is 12.0. The van der Waals surface area contributed by atoms with Crippen LogP contribution in [0, 0.1) is 6.92 Å². The molecule has 20 heavy (non-hydrogen) atoms. The predicted octanol–water partition coefficient (Wildman–Crippen LogP) is 2.44. The minimum absolute atomic E-state index is 0.388. The number of carboxylic acids is 1. The lowest BCUT2D eigenvalue weighted by molar-refractivity contribution is -0.139. The first-order valence-electron chi connectivity index (χ1n) is 6.86. The van der Waals surface area contributed by atoms with Gasteiger partial charge < -0.3 is 15.7 Å². The van der Waals surface area contributed by atoms with E-state index in [9.17, 15) is 9.59 Å². The Labute approximate surface area is 119 Å². The van der Waals surface area contributed by atoms with Crippen molar-refractivity contribution < 1.29 is 14.7 Å². The Morgan fingerprint density at radius 3 is 2.60 bits per heavy atom. The Kier molecular flexibility index (Phi) is 6.56. The van der Waals surface area contributed by atoms with Crippen molar-refractivity contribution in [3.63, 3.8) is 0 Å². The van der Waals surface area contributed by atoms with Crippen LogP contribution in [0.4, 0.5) is 4.79 Å². The third kappa shape index (κ3) is 5.30. The molecular formula is C15H22N2O3. The van der Waals surface area contributed by atoms with E-state index in [1.54, 1.807) is 0 Å². The highest BCUT2D eigenvalue weighted by Crippen LogP contribution is 2.06. The van der Waals surface area contributed by atoms with E-state index in [2.05, 4.69) is 10.6 Å². The summed E-state index contributed by atoms with van der Waals surface area (Å²) in [6.45, 7) is 4.34. The molecule has 5 heteroatoms. The second kappa shape index (κ2) is 8.19. The number of hydrogen-bond acceptors (Lipinski definition) is 2. The van der Waals surface area contributed by atoms with E-state index >= 15 is 0 Å². The van der Waals surface area contributed by atoms with Gasteiger partial charge in [0, 0.05) is 6.54 Å². The summed E-state index contributed by atoms with van der Waals surface area (Å²) in [7, 11) is 0. The van der Waals surface area contributed by atoms with Crippen LogP contribution in [0.3, 0.4) is 0 Å². The van der Waals surface area contributed by atoms with Crippen LogP contribution in [0.1, 0.15) is 37.3 Å². The molecule has 5 nitrogen and oxygen atoms in total. The highest BCUT2D eigenvalue weighted by Gasteiger charge is 2.18. The summed E-state index contributed by atoms with van der Waals surface area (Å²) in [5.74, 6) is -0.996. The summed E-state index contributed by atoms with van der Waals surface area (Å²) in [4.78, 5) is 22.7. The van der Waals surface area contributed by atoms with E-state index in [1.165, 1.54) is 0 Å². The molecular weight excluding hydrogens is 256 g/mol. The third-order valence-electron chi connectivity index (χ3n) is 3.15. The van der Waals surface area contributed by atoms with Gasteiger partial charge in [0.05, 0.1) is 0 Å². The first-order valence-corrected chi connectivity index (χ1v) is 6.86. The molecule has 0 aliphatic carbocycles. The molecule has 0 unspecified atom stereocenters. The predicted molar refractivity (Wildman–Crippen MR) is 77.5 cm³/mol. The van der Waals surface area contributed by atoms with Crippen LogP contribution in [-0.4, -0.2) is 23.1 Å². The van der Waals surface area contributed by atoms with E-state index in [1.807, 2.05) is 38.1 Å².